The van der Waals surface area contributed by atoms with Crippen molar-refractivity contribution in [1.29, 1.82) is 0 Å². The van der Waals surface area contributed by atoms with Crippen LogP contribution < -0.4 is 5.32 Å². The summed E-state index contributed by atoms with van der Waals surface area (Å²) in [6.07, 6.45) is 3.48. The topological polar surface area (TPSA) is 58.1 Å². The second-order valence-corrected chi connectivity index (χ2v) is 9.32. The number of amides is 1. The van der Waals surface area contributed by atoms with Crippen molar-refractivity contribution in [2.45, 2.75) is 38.3 Å². The van der Waals surface area contributed by atoms with Crippen LogP contribution in [0.1, 0.15) is 47.2 Å². The average Bonchev–Trinajstić information content (AvgIpc) is 2.89. The molecule has 1 saturated heterocycles. The number of aromatic nitrogens is 2. The highest BCUT2D eigenvalue weighted by molar-refractivity contribution is 5.94. The smallest absolute Gasteiger partial charge is 0.352 e. The fourth-order valence-corrected chi connectivity index (χ4v) is 4.64. The van der Waals surface area contributed by atoms with Crippen LogP contribution in [-0.4, -0.2) is 47.0 Å². The first kappa shape index (κ1) is 25.8. The molecule has 0 aliphatic carbocycles. The largest absolute Gasteiger partial charge is 0.416 e. The average molecular weight is 497 g/mol. The lowest BCUT2D eigenvalue weighted by Gasteiger charge is -2.32. The lowest BCUT2D eigenvalue weighted by Crippen LogP contribution is -2.35. The van der Waals surface area contributed by atoms with Crippen molar-refractivity contribution in [3.05, 3.63) is 83.8 Å². The van der Waals surface area contributed by atoms with Crippen molar-refractivity contribution in [2.75, 3.05) is 26.2 Å². The first-order valence-corrected chi connectivity index (χ1v) is 12.4. The number of carbonyl (C=O) groups excluding carboxylic acids is 1. The molecule has 1 aliphatic heterocycles. The van der Waals surface area contributed by atoms with E-state index in [0.29, 0.717) is 24.4 Å². The number of rotatable bonds is 9. The van der Waals surface area contributed by atoms with Gasteiger partial charge >= 0.3 is 6.18 Å². The van der Waals surface area contributed by atoms with Gasteiger partial charge in [-0.25, -0.2) is 9.97 Å². The van der Waals surface area contributed by atoms with Crippen molar-refractivity contribution in [2.24, 2.45) is 5.92 Å². The summed E-state index contributed by atoms with van der Waals surface area (Å²) in [6, 6.07) is 14.9. The fraction of sp³-hybridized carbons (Fsp3) is 0.393. The number of nitrogens with zero attached hydrogens (tertiary/aromatic N) is 3. The second-order valence-electron chi connectivity index (χ2n) is 9.32. The Morgan fingerprint density at radius 1 is 1.03 bits per heavy atom. The van der Waals surface area contributed by atoms with Crippen molar-refractivity contribution < 1.29 is 18.0 Å². The van der Waals surface area contributed by atoms with E-state index in [1.165, 1.54) is 18.5 Å². The van der Waals surface area contributed by atoms with Crippen molar-refractivity contribution in [1.82, 2.24) is 20.2 Å². The minimum absolute atomic E-state index is 0.0837. The number of carbonyl (C=O) groups is 1. The molecule has 2 aromatic carbocycles. The SMILES string of the molecule is O=C(NCCCCN1CCC(Cc2cccc(C(F)(F)F)c2)CC1)c1ccc(-c2ccncn2)cc1. The molecule has 1 aromatic heterocycles. The van der Waals surface area contributed by atoms with E-state index in [1.807, 2.05) is 18.2 Å². The van der Waals surface area contributed by atoms with Crippen LogP contribution in [0.3, 0.4) is 0 Å². The summed E-state index contributed by atoms with van der Waals surface area (Å²) in [4.78, 5) is 22.9. The minimum Gasteiger partial charge on any atom is -0.352 e. The Morgan fingerprint density at radius 3 is 2.50 bits per heavy atom. The zero-order chi connectivity index (χ0) is 25.4. The van der Waals surface area contributed by atoms with Gasteiger partial charge in [0.2, 0.25) is 0 Å². The van der Waals surface area contributed by atoms with Gasteiger partial charge in [0.25, 0.3) is 5.91 Å². The third kappa shape index (κ3) is 7.37. The van der Waals surface area contributed by atoms with E-state index in [4.69, 9.17) is 0 Å². The van der Waals surface area contributed by atoms with Crippen LogP contribution in [0.5, 0.6) is 0 Å². The second kappa shape index (κ2) is 12.1. The monoisotopic (exact) mass is 496 g/mol. The maximum atomic E-state index is 12.9. The number of halogens is 3. The summed E-state index contributed by atoms with van der Waals surface area (Å²) in [5.41, 5.74) is 2.58. The number of hydrogen-bond donors (Lipinski definition) is 1. The molecule has 36 heavy (non-hydrogen) atoms. The molecule has 8 heteroatoms. The third-order valence-electron chi connectivity index (χ3n) is 6.70. The molecule has 1 amide bonds. The Bertz CT molecular complexity index is 1110. The van der Waals surface area contributed by atoms with E-state index in [-0.39, 0.29) is 5.91 Å². The van der Waals surface area contributed by atoms with Gasteiger partial charge in [-0.2, -0.15) is 13.2 Å². The molecular weight excluding hydrogens is 465 g/mol. The van der Waals surface area contributed by atoms with Gasteiger partial charge in [0.15, 0.2) is 0 Å². The molecule has 4 rings (SSSR count). The summed E-state index contributed by atoms with van der Waals surface area (Å²) < 4.78 is 38.8. The van der Waals surface area contributed by atoms with E-state index >= 15 is 0 Å². The molecule has 0 bridgehead atoms. The van der Waals surface area contributed by atoms with Gasteiger partial charge in [0, 0.05) is 23.9 Å². The zero-order valence-electron chi connectivity index (χ0n) is 20.2. The molecule has 1 fully saturated rings. The molecule has 1 aliphatic rings. The van der Waals surface area contributed by atoms with Gasteiger partial charge in [-0.15, -0.1) is 0 Å². The molecule has 0 spiro atoms. The van der Waals surface area contributed by atoms with Crippen molar-refractivity contribution in [3.63, 3.8) is 0 Å². The van der Waals surface area contributed by atoms with Gasteiger partial charge in [0.05, 0.1) is 11.3 Å². The van der Waals surface area contributed by atoms with Gasteiger partial charge in [-0.1, -0.05) is 30.3 Å². The molecule has 1 N–H and O–H groups in total. The van der Waals surface area contributed by atoms with Crippen LogP contribution in [0.2, 0.25) is 0 Å². The number of nitrogens with one attached hydrogen (secondary N) is 1. The predicted octanol–water partition coefficient (Wildman–Crippen LogP) is 5.63. The Labute approximate surface area is 209 Å². The molecule has 3 aromatic rings. The van der Waals surface area contributed by atoms with Crippen LogP contribution in [0.25, 0.3) is 11.3 Å². The van der Waals surface area contributed by atoms with Crippen LogP contribution in [0.15, 0.2) is 67.1 Å². The summed E-state index contributed by atoms with van der Waals surface area (Å²) in [7, 11) is 0. The first-order valence-electron chi connectivity index (χ1n) is 12.4. The summed E-state index contributed by atoms with van der Waals surface area (Å²) in [5, 5.41) is 2.98. The molecule has 0 atom stereocenters. The number of likely N-dealkylation sites (tertiary alicyclic amines) is 1. The number of hydrogen-bond acceptors (Lipinski definition) is 4. The van der Waals surface area contributed by atoms with E-state index < -0.39 is 11.7 Å². The lowest BCUT2D eigenvalue weighted by atomic mass is 9.89. The molecular formula is C28H31F3N4O. The van der Waals surface area contributed by atoms with Crippen LogP contribution in [0.4, 0.5) is 13.2 Å². The van der Waals surface area contributed by atoms with Crippen molar-refractivity contribution in [3.8, 4) is 11.3 Å². The number of unbranched alkanes of at least 4 members (excludes halogenated alkanes) is 1. The van der Waals surface area contributed by atoms with Crippen LogP contribution in [0, 0.1) is 5.92 Å². The maximum Gasteiger partial charge on any atom is 0.416 e. The van der Waals surface area contributed by atoms with E-state index in [0.717, 1.165) is 68.2 Å². The predicted molar refractivity (Wildman–Crippen MR) is 133 cm³/mol. The molecule has 0 saturated carbocycles. The Balaban J connectivity index is 1.11. The standard InChI is InChI=1S/C28H31F3N4O/c29-28(30,31)25-5-3-4-22(19-25)18-21-11-16-35(17-12-21)15-2-1-13-33-27(36)24-8-6-23(7-9-24)26-10-14-32-20-34-26/h3-10,14,19-21H,1-2,11-13,15-18H2,(H,33,36). The number of benzene rings is 2. The highest BCUT2D eigenvalue weighted by atomic mass is 19.4. The highest BCUT2D eigenvalue weighted by Crippen LogP contribution is 2.31. The van der Waals surface area contributed by atoms with Gasteiger partial charge in [-0.3, -0.25) is 4.79 Å². The Hall–Kier alpha value is -3.26. The number of alkyl halides is 3. The van der Waals surface area contributed by atoms with Crippen LogP contribution in [-0.2, 0) is 12.6 Å². The fourth-order valence-electron chi connectivity index (χ4n) is 4.64. The summed E-state index contributed by atoms with van der Waals surface area (Å²) in [6.45, 7) is 3.53. The van der Waals surface area contributed by atoms with Crippen molar-refractivity contribution >= 4 is 5.91 Å². The molecule has 0 unspecified atom stereocenters. The molecule has 5 nitrogen and oxygen atoms in total. The molecule has 2 heterocycles. The van der Waals surface area contributed by atoms with E-state index in [2.05, 4.69) is 20.2 Å². The lowest BCUT2D eigenvalue weighted by molar-refractivity contribution is -0.137. The third-order valence-corrected chi connectivity index (χ3v) is 6.70. The Kier molecular flexibility index (Phi) is 8.70. The van der Waals surface area contributed by atoms with E-state index in [9.17, 15) is 18.0 Å². The number of piperidine rings is 1. The zero-order valence-corrected chi connectivity index (χ0v) is 20.2. The van der Waals surface area contributed by atoms with E-state index in [1.54, 1.807) is 24.4 Å². The first-order chi connectivity index (χ1) is 17.4. The Morgan fingerprint density at radius 2 is 1.81 bits per heavy atom. The van der Waals surface area contributed by atoms with Gasteiger partial charge in [-0.05, 0) is 87.5 Å². The quantitative estimate of drug-likeness (QED) is 0.390. The molecule has 190 valence electrons. The normalized spacial score (nSPS) is 15.1. The van der Waals surface area contributed by atoms with Crippen LogP contribution >= 0.6 is 0 Å². The molecule has 0 radical (unpaired) electrons. The highest BCUT2D eigenvalue weighted by Gasteiger charge is 2.30. The van der Waals surface area contributed by atoms with Gasteiger partial charge < -0.3 is 10.2 Å². The minimum atomic E-state index is -4.29. The summed E-state index contributed by atoms with van der Waals surface area (Å²) in [5.74, 6) is 0.337. The maximum absolute atomic E-state index is 12.9. The van der Waals surface area contributed by atoms with Gasteiger partial charge in [0.1, 0.15) is 6.33 Å². The summed E-state index contributed by atoms with van der Waals surface area (Å²) >= 11 is 0.